The Kier molecular flexibility index (Phi) is 6.33. The molecule has 3 atom stereocenters. The SMILES string of the molecule is COc1ccc(C(=O)CN(C(=O)c2ccc(Cl)cc2)N2C(=O)[C@@H]3[C@H](C)C=CC[C@H]3C2=O)cc1. The summed E-state index contributed by atoms with van der Waals surface area (Å²) >= 11 is 5.94. The van der Waals surface area contributed by atoms with E-state index in [1.807, 2.05) is 19.1 Å². The lowest BCUT2D eigenvalue weighted by atomic mass is 9.78. The third-order valence-electron chi connectivity index (χ3n) is 6.12. The second-order valence-electron chi connectivity index (χ2n) is 8.16. The van der Waals surface area contributed by atoms with Gasteiger partial charge in [0.25, 0.3) is 17.7 Å². The summed E-state index contributed by atoms with van der Waals surface area (Å²) in [6, 6.07) is 12.5. The van der Waals surface area contributed by atoms with Gasteiger partial charge < -0.3 is 4.74 Å². The standard InChI is InChI=1S/C25H23ClN2O5/c1-15-4-3-5-20-22(15)25(32)28(24(20)31)27(23(30)17-6-10-18(26)11-7-17)14-21(29)16-8-12-19(33-2)13-9-16/h3-4,6-13,15,20,22H,5,14H2,1-2H3/t15-,20-,22-/m1/s1. The summed E-state index contributed by atoms with van der Waals surface area (Å²) < 4.78 is 5.12. The van der Waals surface area contributed by atoms with Gasteiger partial charge in [-0.1, -0.05) is 30.7 Å². The normalized spacial score (nSPS) is 21.7. The lowest BCUT2D eigenvalue weighted by molar-refractivity contribution is -0.154. The highest BCUT2D eigenvalue weighted by molar-refractivity contribution is 6.30. The van der Waals surface area contributed by atoms with Crippen molar-refractivity contribution in [2.24, 2.45) is 17.8 Å². The van der Waals surface area contributed by atoms with E-state index in [0.717, 1.165) is 10.0 Å². The van der Waals surface area contributed by atoms with Crippen molar-refractivity contribution in [2.75, 3.05) is 13.7 Å². The molecule has 3 amide bonds. The van der Waals surface area contributed by atoms with Gasteiger partial charge in [0.05, 0.1) is 18.9 Å². The van der Waals surface area contributed by atoms with Crippen molar-refractivity contribution in [3.05, 3.63) is 76.8 Å². The molecule has 1 aliphatic heterocycles. The highest BCUT2D eigenvalue weighted by Crippen LogP contribution is 2.39. The zero-order chi connectivity index (χ0) is 23.7. The van der Waals surface area contributed by atoms with E-state index in [1.54, 1.807) is 24.3 Å². The average Bonchev–Trinajstić information content (AvgIpc) is 3.08. The lowest BCUT2D eigenvalue weighted by Gasteiger charge is -2.30. The summed E-state index contributed by atoms with van der Waals surface area (Å²) in [5.41, 5.74) is 0.542. The number of carbonyl (C=O) groups is 4. The molecular formula is C25H23ClN2O5. The van der Waals surface area contributed by atoms with Gasteiger partial charge in [0.2, 0.25) is 0 Å². The number of imide groups is 1. The van der Waals surface area contributed by atoms with E-state index in [2.05, 4.69) is 0 Å². The van der Waals surface area contributed by atoms with Crippen LogP contribution in [0.15, 0.2) is 60.7 Å². The Morgan fingerprint density at radius 1 is 1.03 bits per heavy atom. The molecule has 7 nitrogen and oxygen atoms in total. The van der Waals surface area contributed by atoms with Crippen molar-refractivity contribution in [3.8, 4) is 5.75 Å². The molecule has 0 aromatic heterocycles. The number of hydrazine groups is 1. The van der Waals surface area contributed by atoms with Crippen molar-refractivity contribution in [1.29, 1.82) is 0 Å². The van der Waals surface area contributed by atoms with Crippen molar-refractivity contribution >= 4 is 35.1 Å². The van der Waals surface area contributed by atoms with Gasteiger partial charge in [0, 0.05) is 16.1 Å². The number of ketones is 1. The molecule has 8 heteroatoms. The fraction of sp³-hybridized carbons (Fsp3) is 0.280. The largest absolute Gasteiger partial charge is 0.497 e. The molecule has 0 spiro atoms. The minimum Gasteiger partial charge on any atom is -0.497 e. The van der Waals surface area contributed by atoms with Crippen LogP contribution in [-0.4, -0.2) is 47.2 Å². The third kappa shape index (κ3) is 4.28. The maximum atomic E-state index is 13.4. The number of benzene rings is 2. The number of methoxy groups -OCH3 is 1. The van der Waals surface area contributed by atoms with Crippen LogP contribution in [0.5, 0.6) is 5.75 Å². The van der Waals surface area contributed by atoms with Crippen LogP contribution in [0.1, 0.15) is 34.1 Å². The second kappa shape index (κ2) is 9.19. The molecule has 1 aliphatic carbocycles. The summed E-state index contributed by atoms with van der Waals surface area (Å²) in [7, 11) is 1.52. The maximum Gasteiger partial charge on any atom is 0.273 e. The minimum absolute atomic E-state index is 0.144. The second-order valence-corrected chi connectivity index (χ2v) is 8.60. The monoisotopic (exact) mass is 466 g/mol. The molecule has 2 aromatic carbocycles. The van der Waals surface area contributed by atoms with Crippen LogP contribution >= 0.6 is 11.6 Å². The number of Topliss-reactive ketones (excluding diaryl/α,β-unsaturated/α-hetero) is 1. The molecule has 170 valence electrons. The molecule has 0 unspecified atom stereocenters. The number of fused-ring (bicyclic) bond motifs is 1. The molecule has 0 bridgehead atoms. The Hall–Kier alpha value is -3.45. The molecular weight excluding hydrogens is 444 g/mol. The van der Waals surface area contributed by atoms with Crippen LogP contribution in [0, 0.1) is 17.8 Å². The quantitative estimate of drug-likeness (QED) is 0.367. The van der Waals surface area contributed by atoms with Gasteiger partial charge in [-0.3, -0.25) is 19.2 Å². The molecule has 1 heterocycles. The Morgan fingerprint density at radius 2 is 1.67 bits per heavy atom. The van der Waals surface area contributed by atoms with Gasteiger partial charge >= 0.3 is 0 Å². The van der Waals surface area contributed by atoms with Crippen molar-refractivity contribution in [1.82, 2.24) is 10.0 Å². The van der Waals surface area contributed by atoms with Crippen LogP contribution < -0.4 is 4.74 Å². The predicted molar refractivity (Wildman–Crippen MR) is 122 cm³/mol. The van der Waals surface area contributed by atoms with Gasteiger partial charge in [0.1, 0.15) is 12.3 Å². The molecule has 1 saturated heterocycles. The van der Waals surface area contributed by atoms with Gasteiger partial charge in [0.15, 0.2) is 5.78 Å². The number of amides is 3. The summed E-state index contributed by atoms with van der Waals surface area (Å²) in [5, 5.41) is 2.27. The molecule has 2 aliphatic rings. The van der Waals surface area contributed by atoms with Gasteiger partial charge in [-0.15, -0.1) is 0 Å². The Balaban J connectivity index is 1.69. The summed E-state index contributed by atoms with van der Waals surface area (Å²) in [5.74, 6) is -2.65. The number of nitrogens with zero attached hydrogens (tertiary/aromatic N) is 2. The first-order valence-corrected chi connectivity index (χ1v) is 11.0. The summed E-state index contributed by atoms with van der Waals surface area (Å²) in [6.45, 7) is 1.41. The van der Waals surface area contributed by atoms with Gasteiger partial charge in [-0.2, -0.15) is 5.01 Å². The first kappa shape index (κ1) is 22.7. The van der Waals surface area contributed by atoms with Gasteiger partial charge in [-0.25, -0.2) is 5.01 Å². The first-order valence-electron chi connectivity index (χ1n) is 10.6. The van der Waals surface area contributed by atoms with Crippen LogP contribution in [0.3, 0.4) is 0 Å². The van der Waals surface area contributed by atoms with Crippen LogP contribution in [0.4, 0.5) is 0 Å². The molecule has 1 fully saturated rings. The highest BCUT2D eigenvalue weighted by atomic mass is 35.5. The Bertz CT molecular complexity index is 1130. The van der Waals surface area contributed by atoms with Crippen LogP contribution in [0.2, 0.25) is 5.02 Å². The predicted octanol–water partition coefficient (Wildman–Crippen LogP) is 3.79. The van der Waals surface area contributed by atoms with Crippen molar-refractivity contribution in [2.45, 2.75) is 13.3 Å². The zero-order valence-corrected chi connectivity index (χ0v) is 19.0. The van der Waals surface area contributed by atoms with E-state index in [4.69, 9.17) is 16.3 Å². The van der Waals surface area contributed by atoms with Crippen molar-refractivity contribution < 1.29 is 23.9 Å². The number of hydrogen-bond acceptors (Lipinski definition) is 5. The molecule has 0 N–H and O–H groups in total. The molecule has 2 aromatic rings. The molecule has 0 radical (unpaired) electrons. The molecule has 4 rings (SSSR count). The van der Waals surface area contributed by atoms with E-state index < -0.39 is 41.9 Å². The van der Waals surface area contributed by atoms with E-state index >= 15 is 0 Å². The fourth-order valence-corrected chi connectivity index (χ4v) is 4.47. The van der Waals surface area contributed by atoms with Crippen LogP contribution in [-0.2, 0) is 9.59 Å². The van der Waals surface area contributed by atoms with E-state index in [-0.39, 0.29) is 11.5 Å². The Morgan fingerprint density at radius 3 is 2.27 bits per heavy atom. The number of ether oxygens (including phenoxy) is 1. The maximum absolute atomic E-state index is 13.4. The van der Waals surface area contributed by atoms with Crippen LogP contribution in [0.25, 0.3) is 0 Å². The number of carbonyl (C=O) groups excluding carboxylic acids is 4. The molecule has 33 heavy (non-hydrogen) atoms. The first-order chi connectivity index (χ1) is 15.8. The number of allylic oxidation sites excluding steroid dienone is 2. The minimum atomic E-state index is -0.630. The third-order valence-corrected chi connectivity index (χ3v) is 6.37. The average molecular weight is 467 g/mol. The number of rotatable bonds is 6. The molecule has 0 saturated carbocycles. The number of hydrogen-bond donors (Lipinski definition) is 0. The lowest BCUT2D eigenvalue weighted by Crippen LogP contribution is -2.52. The topological polar surface area (TPSA) is 84.0 Å². The van der Waals surface area contributed by atoms with E-state index in [9.17, 15) is 19.2 Å². The Labute approximate surface area is 196 Å². The van der Waals surface area contributed by atoms with Crippen molar-refractivity contribution in [3.63, 3.8) is 0 Å². The summed E-state index contributed by atoms with van der Waals surface area (Å²) in [4.78, 5) is 53.1. The smallest absolute Gasteiger partial charge is 0.273 e. The highest BCUT2D eigenvalue weighted by Gasteiger charge is 2.53. The summed E-state index contributed by atoms with van der Waals surface area (Å²) in [6.07, 6.45) is 4.21. The van der Waals surface area contributed by atoms with E-state index in [1.165, 1.54) is 31.4 Å². The zero-order valence-electron chi connectivity index (χ0n) is 18.2. The van der Waals surface area contributed by atoms with E-state index in [0.29, 0.717) is 22.8 Å². The fourth-order valence-electron chi connectivity index (χ4n) is 4.35. The van der Waals surface area contributed by atoms with Gasteiger partial charge in [-0.05, 0) is 60.9 Å². The number of halogens is 1.